The Bertz CT molecular complexity index is 616. The van der Waals surface area contributed by atoms with Gasteiger partial charge in [-0.2, -0.15) is 0 Å². The summed E-state index contributed by atoms with van der Waals surface area (Å²) in [5.74, 6) is -0.258. The minimum absolute atomic E-state index is 0.115. The molecule has 0 saturated carbocycles. The molecule has 4 heteroatoms. The van der Waals surface area contributed by atoms with Crippen molar-refractivity contribution in [2.75, 3.05) is 19.8 Å². The van der Waals surface area contributed by atoms with Gasteiger partial charge in [0.15, 0.2) is 0 Å². The second kappa shape index (κ2) is 7.90. The Morgan fingerprint density at radius 3 is 2.25 bits per heavy atom. The largest absolute Gasteiger partial charge is 0.394 e. The van der Waals surface area contributed by atoms with Crippen LogP contribution in [0.15, 0.2) is 60.7 Å². The zero-order chi connectivity index (χ0) is 16.8. The molecule has 1 heterocycles. The van der Waals surface area contributed by atoms with Crippen LogP contribution >= 0.6 is 0 Å². The Kier molecular flexibility index (Phi) is 5.63. The third-order valence-electron chi connectivity index (χ3n) is 4.63. The summed E-state index contributed by atoms with van der Waals surface area (Å²) in [6, 6.07) is 19.8. The average molecular weight is 328 g/mol. The summed E-state index contributed by atoms with van der Waals surface area (Å²) in [7, 11) is 0. The smallest absolute Gasteiger partial charge is 0.0995 e. The summed E-state index contributed by atoms with van der Waals surface area (Å²) in [5, 5.41) is 20.6. The molecule has 128 valence electrons. The minimum atomic E-state index is -1.02. The van der Waals surface area contributed by atoms with E-state index >= 15 is 0 Å². The van der Waals surface area contributed by atoms with Gasteiger partial charge in [0, 0.05) is 12.3 Å². The Labute approximate surface area is 142 Å². The van der Waals surface area contributed by atoms with E-state index in [0.717, 1.165) is 11.1 Å². The highest BCUT2D eigenvalue weighted by Crippen LogP contribution is 2.34. The first kappa shape index (κ1) is 17.1. The van der Waals surface area contributed by atoms with Crippen LogP contribution < -0.4 is 0 Å². The molecule has 0 bridgehead atoms. The predicted molar refractivity (Wildman–Crippen MR) is 91.5 cm³/mol. The van der Waals surface area contributed by atoms with Gasteiger partial charge in [0.05, 0.1) is 38.1 Å². The summed E-state index contributed by atoms with van der Waals surface area (Å²) in [6.07, 6.45) is 0.0958. The molecule has 2 aromatic carbocycles. The maximum absolute atomic E-state index is 11.1. The fourth-order valence-corrected chi connectivity index (χ4v) is 3.27. The first-order valence-electron chi connectivity index (χ1n) is 8.32. The van der Waals surface area contributed by atoms with Crippen molar-refractivity contribution in [3.63, 3.8) is 0 Å². The van der Waals surface area contributed by atoms with E-state index in [2.05, 4.69) is 0 Å². The quantitative estimate of drug-likeness (QED) is 0.818. The van der Waals surface area contributed by atoms with E-state index in [1.165, 1.54) is 0 Å². The van der Waals surface area contributed by atoms with Crippen LogP contribution in [0, 0.1) is 5.92 Å². The first-order valence-corrected chi connectivity index (χ1v) is 8.32. The van der Waals surface area contributed by atoms with Crippen LogP contribution in [0.3, 0.4) is 0 Å². The van der Waals surface area contributed by atoms with E-state index in [4.69, 9.17) is 9.47 Å². The Balaban J connectivity index is 1.64. The van der Waals surface area contributed by atoms with Gasteiger partial charge in [0.25, 0.3) is 0 Å². The van der Waals surface area contributed by atoms with Gasteiger partial charge in [-0.1, -0.05) is 60.7 Å². The Hall–Kier alpha value is -1.72. The van der Waals surface area contributed by atoms with Crippen LogP contribution in [0.5, 0.6) is 0 Å². The minimum Gasteiger partial charge on any atom is -0.394 e. The standard InChI is InChI=1S/C20H24O4/c21-12-19-18(14-23-13-17-9-5-2-6-10-17)20(22,15-24-19)11-16-7-3-1-4-8-16/h1-10,18-19,21-22H,11-15H2/t18-,19-,20+/m1/s1. The van der Waals surface area contributed by atoms with Crippen molar-refractivity contribution in [1.82, 2.24) is 0 Å². The number of benzene rings is 2. The van der Waals surface area contributed by atoms with Crippen LogP contribution in [0.1, 0.15) is 11.1 Å². The predicted octanol–water partition coefficient (Wildman–Crippen LogP) is 2.18. The molecule has 1 fully saturated rings. The highest BCUT2D eigenvalue weighted by Gasteiger charge is 2.48. The molecule has 0 aromatic heterocycles. The van der Waals surface area contributed by atoms with Gasteiger partial charge in [0.2, 0.25) is 0 Å². The SMILES string of the molecule is OC[C@H]1OC[C@@](O)(Cc2ccccc2)[C@@H]1COCc1ccccc1. The number of hydrogen-bond acceptors (Lipinski definition) is 4. The number of ether oxygens (including phenoxy) is 2. The maximum Gasteiger partial charge on any atom is 0.0995 e. The van der Waals surface area contributed by atoms with Gasteiger partial charge >= 0.3 is 0 Å². The second-order valence-corrected chi connectivity index (χ2v) is 6.41. The Morgan fingerprint density at radius 1 is 1.00 bits per heavy atom. The van der Waals surface area contributed by atoms with Crippen LogP contribution in [0.2, 0.25) is 0 Å². The van der Waals surface area contributed by atoms with E-state index in [0.29, 0.717) is 19.6 Å². The first-order chi connectivity index (χ1) is 11.7. The zero-order valence-corrected chi connectivity index (χ0v) is 13.7. The van der Waals surface area contributed by atoms with Gasteiger partial charge in [0.1, 0.15) is 0 Å². The van der Waals surface area contributed by atoms with Gasteiger partial charge in [-0.05, 0) is 11.1 Å². The van der Waals surface area contributed by atoms with Crippen LogP contribution in [-0.4, -0.2) is 41.7 Å². The van der Waals surface area contributed by atoms with Crippen molar-refractivity contribution in [3.8, 4) is 0 Å². The monoisotopic (exact) mass is 328 g/mol. The lowest BCUT2D eigenvalue weighted by Gasteiger charge is -2.30. The van der Waals surface area contributed by atoms with Crippen molar-refractivity contribution >= 4 is 0 Å². The molecule has 2 aromatic rings. The van der Waals surface area contributed by atoms with Gasteiger partial charge < -0.3 is 19.7 Å². The van der Waals surface area contributed by atoms with Crippen molar-refractivity contribution < 1.29 is 19.7 Å². The van der Waals surface area contributed by atoms with Crippen LogP contribution in [0.25, 0.3) is 0 Å². The normalized spacial score (nSPS) is 26.6. The van der Waals surface area contributed by atoms with E-state index in [1.807, 2.05) is 60.7 Å². The number of aliphatic hydroxyl groups excluding tert-OH is 1. The lowest BCUT2D eigenvalue weighted by Crippen LogP contribution is -2.44. The molecule has 24 heavy (non-hydrogen) atoms. The zero-order valence-electron chi connectivity index (χ0n) is 13.7. The van der Waals surface area contributed by atoms with Crippen LogP contribution in [0.4, 0.5) is 0 Å². The summed E-state index contributed by atoms with van der Waals surface area (Å²) < 4.78 is 11.4. The molecule has 0 unspecified atom stereocenters. The van der Waals surface area contributed by atoms with Gasteiger partial charge in [-0.25, -0.2) is 0 Å². The fourth-order valence-electron chi connectivity index (χ4n) is 3.27. The van der Waals surface area contributed by atoms with Crippen molar-refractivity contribution in [3.05, 3.63) is 71.8 Å². The topological polar surface area (TPSA) is 58.9 Å². The summed E-state index contributed by atoms with van der Waals surface area (Å²) in [4.78, 5) is 0. The van der Waals surface area contributed by atoms with Crippen molar-refractivity contribution in [2.45, 2.75) is 24.7 Å². The van der Waals surface area contributed by atoms with Crippen molar-refractivity contribution in [1.29, 1.82) is 0 Å². The van der Waals surface area contributed by atoms with Crippen LogP contribution in [-0.2, 0) is 22.5 Å². The molecule has 1 aliphatic heterocycles. The molecule has 0 aliphatic carbocycles. The van der Waals surface area contributed by atoms with E-state index in [1.54, 1.807) is 0 Å². The van der Waals surface area contributed by atoms with E-state index < -0.39 is 11.7 Å². The number of hydrogen-bond donors (Lipinski definition) is 2. The molecule has 0 amide bonds. The third kappa shape index (κ3) is 4.02. The lowest BCUT2D eigenvalue weighted by atomic mass is 9.82. The summed E-state index contributed by atoms with van der Waals surface area (Å²) in [5.41, 5.74) is 1.12. The molecule has 0 spiro atoms. The third-order valence-corrected chi connectivity index (χ3v) is 4.63. The van der Waals surface area contributed by atoms with Crippen molar-refractivity contribution in [2.24, 2.45) is 5.92 Å². The lowest BCUT2D eigenvalue weighted by molar-refractivity contribution is -0.0394. The fraction of sp³-hybridized carbons (Fsp3) is 0.400. The highest BCUT2D eigenvalue weighted by molar-refractivity contribution is 5.19. The number of rotatable bonds is 7. The van der Waals surface area contributed by atoms with E-state index in [9.17, 15) is 10.2 Å². The molecule has 1 saturated heterocycles. The molecule has 2 N–H and O–H groups in total. The summed E-state index contributed by atoms with van der Waals surface area (Å²) >= 11 is 0. The molecular formula is C20H24O4. The molecule has 3 rings (SSSR count). The molecular weight excluding hydrogens is 304 g/mol. The molecule has 3 atom stereocenters. The Morgan fingerprint density at radius 2 is 1.62 bits per heavy atom. The van der Waals surface area contributed by atoms with Gasteiger partial charge in [-0.15, -0.1) is 0 Å². The average Bonchev–Trinajstić information content (AvgIpc) is 2.92. The summed E-state index contributed by atoms with van der Waals surface area (Å²) in [6.45, 7) is 0.934. The molecule has 0 radical (unpaired) electrons. The second-order valence-electron chi connectivity index (χ2n) is 6.41. The van der Waals surface area contributed by atoms with Gasteiger partial charge in [-0.3, -0.25) is 0 Å². The molecule has 4 nitrogen and oxygen atoms in total. The van der Waals surface area contributed by atoms with E-state index in [-0.39, 0.29) is 19.1 Å². The highest BCUT2D eigenvalue weighted by atomic mass is 16.5. The maximum atomic E-state index is 11.1. The number of aliphatic hydroxyl groups is 2. The molecule has 1 aliphatic rings.